The van der Waals surface area contributed by atoms with Crippen LogP contribution >= 0.6 is 0 Å². The summed E-state index contributed by atoms with van der Waals surface area (Å²) in [6.07, 6.45) is 0.494. The van der Waals surface area contributed by atoms with Gasteiger partial charge in [0.15, 0.2) is 0 Å². The van der Waals surface area contributed by atoms with Crippen LogP contribution in [0.1, 0.15) is 54.4 Å². The van der Waals surface area contributed by atoms with Crippen LogP contribution in [0, 0.1) is 0 Å². The van der Waals surface area contributed by atoms with Crippen molar-refractivity contribution in [2.75, 3.05) is 6.54 Å². The second kappa shape index (κ2) is 5.89. The maximum atomic E-state index is 11.3. The van der Waals surface area contributed by atoms with Crippen LogP contribution in [0.2, 0.25) is 0 Å². The van der Waals surface area contributed by atoms with Gasteiger partial charge in [0.1, 0.15) is 5.60 Å². The summed E-state index contributed by atoms with van der Waals surface area (Å²) in [6.45, 7) is 10.5. The average molecular weight is 261 g/mol. The molecule has 5 heteroatoms. The van der Waals surface area contributed by atoms with Crippen LogP contribution in [-0.4, -0.2) is 39.7 Å². The highest BCUT2D eigenvalue weighted by atomic mass is 16.6. The van der Waals surface area contributed by atoms with Gasteiger partial charge in [-0.05, 0) is 54.4 Å². The first-order valence-corrected chi connectivity index (χ1v) is 6.27. The zero-order chi connectivity index (χ0) is 14.6. The van der Waals surface area contributed by atoms with Crippen molar-refractivity contribution >= 4 is 6.09 Å². The van der Waals surface area contributed by atoms with Gasteiger partial charge in [-0.15, -0.1) is 0 Å². The van der Waals surface area contributed by atoms with Crippen LogP contribution in [0.3, 0.4) is 0 Å². The summed E-state index contributed by atoms with van der Waals surface area (Å²) in [4.78, 5) is 11.3. The van der Waals surface area contributed by atoms with Gasteiger partial charge in [0, 0.05) is 6.54 Å². The highest BCUT2D eigenvalue weighted by Gasteiger charge is 2.36. The lowest BCUT2D eigenvalue weighted by Gasteiger charge is -2.35. The standard InChI is InChI=1S/C13H27NO4/c1-11(2,3)18-10(15)14-9-7-8-13(6,17)12(4,5)16/h16-17H,7-9H2,1-6H3,(H,14,15). The maximum absolute atomic E-state index is 11.3. The number of alkyl carbamates (subject to hydrolysis) is 1. The van der Waals surface area contributed by atoms with E-state index in [0.717, 1.165) is 0 Å². The van der Waals surface area contributed by atoms with Gasteiger partial charge < -0.3 is 20.3 Å². The van der Waals surface area contributed by atoms with E-state index in [9.17, 15) is 15.0 Å². The third kappa shape index (κ3) is 6.81. The predicted molar refractivity (Wildman–Crippen MR) is 70.4 cm³/mol. The lowest BCUT2D eigenvalue weighted by atomic mass is 9.84. The molecule has 5 nitrogen and oxygen atoms in total. The SMILES string of the molecule is CC(C)(C)OC(=O)NCCCC(C)(O)C(C)(C)O. The van der Waals surface area contributed by atoms with Gasteiger partial charge in [0.25, 0.3) is 0 Å². The van der Waals surface area contributed by atoms with Crippen LogP contribution in [0.15, 0.2) is 0 Å². The molecule has 0 aromatic rings. The van der Waals surface area contributed by atoms with Crippen LogP contribution < -0.4 is 5.32 Å². The third-order valence-corrected chi connectivity index (χ3v) is 2.83. The minimum absolute atomic E-state index is 0.395. The Morgan fingerprint density at radius 2 is 1.61 bits per heavy atom. The number of hydrogen-bond acceptors (Lipinski definition) is 4. The minimum Gasteiger partial charge on any atom is -0.444 e. The van der Waals surface area contributed by atoms with E-state index in [1.54, 1.807) is 41.5 Å². The van der Waals surface area contributed by atoms with E-state index in [-0.39, 0.29) is 0 Å². The number of hydrogen-bond donors (Lipinski definition) is 3. The van der Waals surface area contributed by atoms with E-state index in [1.165, 1.54) is 0 Å². The number of ether oxygens (including phenoxy) is 1. The summed E-state index contributed by atoms with van der Waals surface area (Å²) >= 11 is 0. The fraction of sp³-hybridized carbons (Fsp3) is 0.923. The number of amides is 1. The van der Waals surface area contributed by atoms with Crippen molar-refractivity contribution < 1.29 is 19.7 Å². The molecule has 0 spiro atoms. The lowest BCUT2D eigenvalue weighted by Crippen LogP contribution is -2.47. The highest BCUT2D eigenvalue weighted by molar-refractivity contribution is 5.67. The molecule has 0 rings (SSSR count). The largest absolute Gasteiger partial charge is 0.444 e. The second-order valence-corrected chi connectivity index (χ2v) is 6.37. The summed E-state index contributed by atoms with van der Waals surface area (Å²) in [6, 6.07) is 0. The van der Waals surface area contributed by atoms with Crippen LogP contribution in [0.5, 0.6) is 0 Å². The molecule has 0 aromatic carbocycles. The predicted octanol–water partition coefficient (Wildman–Crippen LogP) is 1.81. The zero-order valence-corrected chi connectivity index (χ0v) is 12.3. The fourth-order valence-corrected chi connectivity index (χ4v) is 1.24. The molecule has 0 saturated heterocycles. The Kier molecular flexibility index (Phi) is 5.62. The van der Waals surface area contributed by atoms with E-state index in [2.05, 4.69) is 5.32 Å². The van der Waals surface area contributed by atoms with Gasteiger partial charge in [-0.3, -0.25) is 0 Å². The maximum Gasteiger partial charge on any atom is 0.407 e. The fourth-order valence-electron chi connectivity index (χ4n) is 1.24. The molecule has 0 aliphatic rings. The summed E-state index contributed by atoms with van der Waals surface area (Å²) in [5.74, 6) is 0. The first-order valence-electron chi connectivity index (χ1n) is 6.27. The number of aliphatic hydroxyl groups is 2. The lowest BCUT2D eigenvalue weighted by molar-refractivity contribution is -0.124. The van der Waals surface area contributed by atoms with Crippen molar-refractivity contribution in [1.82, 2.24) is 5.32 Å². The van der Waals surface area contributed by atoms with Gasteiger partial charge in [0.05, 0.1) is 11.2 Å². The number of nitrogens with one attached hydrogen (secondary N) is 1. The third-order valence-electron chi connectivity index (χ3n) is 2.83. The van der Waals surface area contributed by atoms with Crippen LogP contribution in [0.25, 0.3) is 0 Å². The van der Waals surface area contributed by atoms with Crippen molar-refractivity contribution in [3.05, 3.63) is 0 Å². The van der Waals surface area contributed by atoms with Gasteiger partial charge in [-0.1, -0.05) is 0 Å². The van der Waals surface area contributed by atoms with E-state index in [0.29, 0.717) is 19.4 Å². The molecule has 0 aromatic heterocycles. The Bertz CT molecular complexity index is 274. The van der Waals surface area contributed by atoms with Crippen molar-refractivity contribution in [3.8, 4) is 0 Å². The van der Waals surface area contributed by atoms with Gasteiger partial charge in [-0.2, -0.15) is 0 Å². The monoisotopic (exact) mass is 261 g/mol. The molecule has 0 aliphatic carbocycles. The molecule has 1 atom stereocenters. The van der Waals surface area contributed by atoms with Crippen molar-refractivity contribution in [1.29, 1.82) is 0 Å². The molecule has 18 heavy (non-hydrogen) atoms. The summed E-state index contributed by atoms with van der Waals surface area (Å²) in [7, 11) is 0. The molecule has 3 N–H and O–H groups in total. The first kappa shape index (κ1) is 17.2. The van der Waals surface area contributed by atoms with Crippen molar-refractivity contribution in [2.45, 2.75) is 71.2 Å². The molecule has 0 fully saturated rings. The average Bonchev–Trinajstić information content (AvgIpc) is 2.07. The molecule has 0 saturated carbocycles. The Balaban J connectivity index is 3.92. The molecule has 1 unspecified atom stereocenters. The zero-order valence-electron chi connectivity index (χ0n) is 12.3. The summed E-state index contributed by atoms with van der Waals surface area (Å²) in [5.41, 5.74) is -2.86. The Morgan fingerprint density at radius 1 is 1.11 bits per heavy atom. The topological polar surface area (TPSA) is 78.8 Å². The quantitative estimate of drug-likeness (QED) is 0.659. The van der Waals surface area contributed by atoms with E-state index < -0.39 is 22.9 Å². The van der Waals surface area contributed by atoms with E-state index in [1.807, 2.05) is 0 Å². The Hall–Kier alpha value is -0.810. The van der Waals surface area contributed by atoms with Crippen LogP contribution in [-0.2, 0) is 4.74 Å². The van der Waals surface area contributed by atoms with Gasteiger partial charge in [0.2, 0.25) is 0 Å². The van der Waals surface area contributed by atoms with Gasteiger partial charge in [-0.25, -0.2) is 4.79 Å². The number of carbonyl (C=O) groups excluding carboxylic acids is 1. The normalized spacial score (nSPS) is 16.0. The van der Waals surface area contributed by atoms with Crippen molar-refractivity contribution in [3.63, 3.8) is 0 Å². The molecule has 0 heterocycles. The molecule has 1 amide bonds. The number of rotatable bonds is 5. The van der Waals surface area contributed by atoms with E-state index >= 15 is 0 Å². The molecule has 0 bridgehead atoms. The summed E-state index contributed by atoms with van der Waals surface area (Å²) in [5, 5.41) is 22.4. The highest BCUT2D eigenvalue weighted by Crippen LogP contribution is 2.25. The molecule has 0 aliphatic heterocycles. The van der Waals surface area contributed by atoms with Crippen LogP contribution in [0.4, 0.5) is 4.79 Å². The molecule has 0 radical (unpaired) electrons. The molecular formula is C13H27NO4. The Labute approximate surface area is 110 Å². The van der Waals surface area contributed by atoms with Gasteiger partial charge >= 0.3 is 6.09 Å². The number of carbonyl (C=O) groups is 1. The minimum atomic E-state index is -1.18. The Morgan fingerprint density at radius 3 is 2.00 bits per heavy atom. The summed E-state index contributed by atoms with van der Waals surface area (Å²) < 4.78 is 5.08. The molecular weight excluding hydrogens is 234 g/mol. The first-order chi connectivity index (χ1) is 7.85. The van der Waals surface area contributed by atoms with E-state index in [4.69, 9.17) is 4.74 Å². The smallest absolute Gasteiger partial charge is 0.407 e. The second-order valence-electron chi connectivity index (χ2n) is 6.37. The molecule has 108 valence electrons. The van der Waals surface area contributed by atoms with Crippen molar-refractivity contribution in [2.24, 2.45) is 0 Å².